The molecule has 0 saturated heterocycles. The second-order valence-corrected chi connectivity index (χ2v) is 6.91. The first-order chi connectivity index (χ1) is 13.2. The average Bonchev–Trinajstić information content (AvgIpc) is 3.19. The zero-order chi connectivity index (χ0) is 18.6. The van der Waals surface area contributed by atoms with Crippen molar-refractivity contribution in [3.05, 3.63) is 83.8 Å². The van der Waals surface area contributed by atoms with Gasteiger partial charge in [0.25, 0.3) is 0 Å². The highest BCUT2D eigenvalue weighted by Crippen LogP contribution is 2.35. The normalized spacial score (nSPS) is 11.9. The summed E-state index contributed by atoms with van der Waals surface area (Å²) in [6.07, 6.45) is 1.70. The van der Waals surface area contributed by atoms with Crippen LogP contribution in [0, 0.1) is 5.82 Å². The lowest BCUT2D eigenvalue weighted by Gasteiger charge is -2.14. The second-order valence-electron chi connectivity index (χ2n) is 6.05. The summed E-state index contributed by atoms with van der Waals surface area (Å²) < 4.78 is 14.2. The van der Waals surface area contributed by atoms with Gasteiger partial charge in [-0.05, 0) is 30.7 Å². The fourth-order valence-electron chi connectivity index (χ4n) is 2.85. The summed E-state index contributed by atoms with van der Waals surface area (Å²) in [5, 5.41) is 3.32. The van der Waals surface area contributed by atoms with Gasteiger partial charge in [-0.15, -0.1) is 11.3 Å². The van der Waals surface area contributed by atoms with Crippen molar-refractivity contribution >= 4 is 17.3 Å². The Bertz CT molecular complexity index is 1050. The number of nitrogens with one attached hydrogen (secondary N) is 1. The summed E-state index contributed by atoms with van der Waals surface area (Å²) >= 11 is 1.43. The molecule has 0 aliphatic heterocycles. The van der Waals surface area contributed by atoms with E-state index >= 15 is 0 Å². The van der Waals surface area contributed by atoms with Gasteiger partial charge in [-0.1, -0.05) is 42.5 Å². The van der Waals surface area contributed by atoms with Gasteiger partial charge in [0.2, 0.25) is 5.95 Å². The molecule has 0 spiro atoms. The number of hydrogen-bond acceptors (Lipinski definition) is 5. The van der Waals surface area contributed by atoms with Gasteiger partial charge in [-0.25, -0.2) is 19.3 Å². The van der Waals surface area contributed by atoms with E-state index in [0.29, 0.717) is 22.9 Å². The first-order valence-electron chi connectivity index (χ1n) is 8.55. The van der Waals surface area contributed by atoms with Gasteiger partial charge in [0.05, 0.1) is 27.8 Å². The van der Waals surface area contributed by atoms with E-state index in [1.165, 1.54) is 17.4 Å². The smallest absolute Gasteiger partial charge is 0.223 e. The van der Waals surface area contributed by atoms with E-state index in [4.69, 9.17) is 0 Å². The monoisotopic (exact) mass is 376 g/mol. The Morgan fingerprint density at radius 1 is 0.963 bits per heavy atom. The summed E-state index contributed by atoms with van der Waals surface area (Å²) in [6, 6.07) is 18.6. The molecular weight excluding hydrogens is 359 g/mol. The van der Waals surface area contributed by atoms with Crippen LogP contribution in [0.4, 0.5) is 10.3 Å². The van der Waals surface area contributed by atoms with Crippen molar-refractivity contribution in [2.24, 2.45) is 0 Å². The molecule has 0 unspecified atom stereocenters. The van der Waals surface area contributed by atoms with Crippen LogP contribution in [0.1, 0.15) is 18.5 Å². The fourth-order valence-corrected chi connectivity index (χ4v) is 3.62. The van der Waals surface area contributed by atoms with E-state index in [2.05, 4.69) is 39.3 Å². The molecule has 0 aliphatic rings. The largest absolute Gasteiger partial charge is 0.348 e. The molecule has 2 aromatic carbocycles. The zero-order valence-electron chi connectivity index (χ0n) is 14.6. The lowest BCUT2D eigenvalue weighted by molar-refractivity contribution is 0.631. The number of aromatic nitrogens is 3. The highest BCUT2D eigenvalue weighted by atomic mass is 32.1. The van der Waals surface area contributed by atoms with Gasteiger partial charge < -0.3 is 5.32 Å². The predicted octanol–water partition coefficient (Wildman–Crippen LogP) is 5.58. The number of halogens is 1. The maximum Gasteiger partial charge on any atom is 0.223 e. The number of nitrogens with zero attached hydrogens (tertiary/aromatic N) is 3. The quantitative estimate of drug-likeness (QED) is 0.494. The number of benzene rings is 2. The van der Waals surface area contributed by atoms with Crippen LogP contribution in [0.15, 0.2) is 72.4 Å². The van der Waals surface area contributed by atoms with Crippen molar-refractivity contribution in [3.8, 4) is 21.8 Å². The van der Waals surface area contributed by atoms with Crippen molar-refractivity contribution in [2.45, 2.75) is 13.0 Å². The maximum absolute atomic E-state index is 14.2. The molecule has 2 heterocycles. The first-order valence-corrected chi connectivity index (χ1v) is 9.43. The van der Waals surface area contributed by atoms with Gasteiger partial charge in [0.1, 0.15) is 5.82 Å². The van der Waals surface area contributed by atoms with Gasteiger partial charge in [-0.3, -0.25) is 0 Å². The highest BCUT2D eigenvalue weighted by molar-refractivity contribution is 7.13. The Morgan fingerprint density at radius 3 is 2.56 bits per heavy atom. The molecule has 4 aromatic rings. The van der Waals surface area contributed by atoms with Crippen LogP contribution in [-0.4, -0.2) is 15.0 Å². The van der Waals surface area contributed by atoms with Gasteiger partial charge in [0, 0.05) is 11.8 Å². The Labute approximate surface area is 160 Å². The zero-order valence-corrected chi connectivity index (χ0v) is 15.4. The minimum Gasteiger partial charge on any atom is -0.348 e. The van der Waals surface area contributed by atoms with Crippen molar-refractivity contribution in [3.63, 3.8) is 0 Å². The van der Waals surface area contributed by atoms with E-state index in [9.17, 15) is 4.39 Å². The third-order valence-corrected chi connectivity index (χ3v) is 5.08. The van der Waals surface area contributed by atoms with Crippen molar-refractivity contribution < 1.29 is 4.39 Å². The molecule has 0 radical (unpaired) electrons. The predicted molar refractivity (Wildman–Crippen MR) is 107 cm³/mol. The van der Waals surface area contributed by atoms with Gasteiger partial charge in [0.15, 0.2) is 0 Å². The Hall–Kier alpha value is -3.12. The van der Waals surface area contributed by atoms with Crippen molar-refractivity contribution in [2.75, 3.05) is 5.32 Å². The van der Waals surface area contributed by atoms with E-state index < -0.39 is 0 Å². The molecule has 4 nitrogen and oxygen atoms in total. The Kier molecular flexibility index (Phi) is 4.89. The summed E-state index contributed by atoms with van der Waals surface area (Å²) in [5.74, 6) is 0.228. The molecule has 134 valence electrons. The summed E-state index contributed by atoms with van der Waals surface area (Å²) in [5.41, 5.74) is 4.64. The van der Waals surface area contributed by atoms with Crippen LogP contribution in [-0.2, 0) is 0 Å². The Morgan fingerprint density at radius 2 is 1.74 bits per heavy atom. The van der Waals surface area contributed by atoms with Gasteiger partial charge in [-0.2, -0.15) is 0 Å². The van der Waals surface area contributed by atoms with Crippen molar-refractivity contribution in [1.82, 2.24) is 15.0 Å². The molecule has 1 atom stereocenters. The maximum atomic E-state index is 14.2. The minimum atomic E-state index is -0.297. The number of hydrogen-bond donors (Lipinski definition) is 1. The molecule has 0 fully saturated rings. The molecule has 0 amide bonds. The number of anilines is 1. The van der Waals surface area contributed by atoms with Crippen LogP contribution >= 0.6 is 11.3 Å². The minimum absolute atomic E-state index is 0.0638. The van der Waals surface area contributed by atoms with Crippen LogP contribution in [0.25, 0.3) is 21.8 Å². The molecule has 0 bridgehead atoms. The van der Waals surface area contributed by atoms with Crippen LogP contribution in [0.2, 0.25) is 0 Å². The lowest BCUT2D eigenvalue weighted by atomic mass is 10.1. The fraction of sp³-hybridized carbons (Fsp3) is 0.0952. The topological polar surface area (TPSA) is 50.7 Å². The second kappa shape index (κ2) is 7.63. The number of rotatable bonds is 5. The van der Waals surface area contributed by atoms with Crippen molar-refractivity contribution in [1.29, 1.82) is 0 Å². The molecular formula is C21H17FN4S. The van der Waals surface area contributed by atoms with E-state index in [1.54, 1.807) is 29.9 Å². The summed E-state index contributed by atoms with van der Waals surface area (Å²) in [4.78, 5) is 14.1. The van der Waals surface area contributed by atoms with Crippen LogP contribution in [0.3, 0.4) is 0 Å². The first kappa shape index (κ1) is 17.3. The molecule has 0 saturated carbocycles. The van der Waals surface area contributed by atoms with E-state index in [-0.39, 0.29) is 11.9 Å². The molecule has 0 aliphatic carbocycles. The van der Waals surface area contributed by atoms with E-state index in [0.717, 1.165) is 10.4 Å². The third-order valence-electron chi connectivity index (χ3n) is 4.23. The summed E-state index contributed by atoms with van der Waals surface area (Å²) in [6.45, 7) is 2.06. The summed E-state index contributed by atoms with van der Waals surface area (Å²) in [7, 11) is 0. The third kappa shape index (κ3) is 3.71. The SMILES string of the molecule is C[C@H](Nc1nccc(-c2scnc2-c2ccccc2F)n1)c1ccccc1. The van der Waals surface area contributed by atoms with Crippen LogP contribution < -0.4 is 5.32 Å². The molecule has 2 aromatic heterocycles. The molecule has 4 rings (SSSR count). The number of thiazole rings is 1. The van der Waals surface area contributed by atoms with Crippen LogP contribution in [0.5, 0.6) is 0 Å². The standard InChI is InChI=1S/C21H17FN4S/c1-14(15-7-3-2-4-8-15)25-21-23-12-11-18(26-21)20-19(24-13-27-20)16-9-5-6-10-17(16)22/h2-14H,1H3,(H,23,25,26)/t14-/m0/s1. The average molecular weight is 376 g/mol. The Balaban J connectivity index is 1.65. The van der Waals surface area contributed by atoms with E-state index in [1.807, 2.05) is 24.3 Å². The molecule has 6 heteroatoms. The lowest BCUT2D eigenvalue weighted by Crippen LogP contribution is -2.09. The molecule has 27 heavy (non-hydrogen) atoms. The molecule has 1 N–H and O–H groups in total. The highest BCUT2D eigenvalue weighted by Gasteiger charge is 2.16. The van der Waals surface area contributed by atoms with Gasteiger partial charge >= 0.3 is 0 Å².